The Balaban J connectivity index is 2.58. The van der Waals surface area contributed by atoms with Gasteiger partial charge in [-0.25, -0.2) is 4.68 Å². The van der Waals surface area contributed by atoms with E-state index in [0.29, 0.717) is 5.56 Å². The summed E-state index contributed by atoms with van der Waals surface area (Å²) in [5.41, 5.74) is -0.229. The van der Waals surface area contributed by atoms with E-state index in [9.17, 15) is 13.2 Å². The van der Waals surface area contributed by atoms with Gasteiger partial charge in [0.25, 0.3) is 0 Å². The van der Waals surface area contributed by atoms with Crippen molar-refractivity contribution in [2.45, 2.75) is 26.3 Å². The third-order valence-electron chi connectivity index (χ3n) is 2.98. The fraction of sp³-hybridized carbons (Fsp3) is 0.333. The standard InChI is InChI=1S/C15H14F3N3O/c1-4-11-7-6-8-19-14(11)12-9-13(15(16,17)18)21(20-12)10(3)22-5-2/h1,6-10H,5H2,2-3H3. The van der Waals surface area contributed by atoms with Gasteiger partial charge in [-0.05, 0) is 32.0 Å². The topological polar surface area (TPSA) is 39.9 Å². The van der Waals surface area contributed by atoms with Crippen molar-refractivity contribution in [1.29, 1.82) is 0 Å². The van der Waals surface area contributed by atoms with E-state index in [2.05, 4.69) is 16.0 Å². The molecule has 0 aliphatic carbocycles. The predicted octanol–water partition coefficient (Wildman–Crippen LogP) is 3.50. The zero-order chi connectivity index (χ0) is 16.3. The Morgan fingerprint density at radius 1 is 1.45 bits per heavy atom. The molecule has 116 valence electrons. The normalized spacial score (nSPS) is 12.9. The molecule has 0 radical (unpaired) electrons. The van der Waals surface area contributed by atoms with Gasteiger partial charge in [-0.3, -0.25) is 4.98 Å². The first-order valence-electron chi connectivity index (χ1n) is 6.58. The minimum atomic E-state index is -4.55. The first kappa shape index (κ1) is 16.0. The Morgan fingerprint density at radius 3 is 2.77 bits per heavy atom. The first-order valence-corrected chi connectivity index (χ1v) is 6.58. The van der Waals surface area contributed by atoms with Crippen LogP contribution in [-0.2, 0) is 10.9 Å². The minimum Gasteiger partial charge on any atom is -0.357 e. The van der Waals surface area contributed by atoms with Crippen LogP contribution in [0.1, 0.15) is 31.3 Å². The molecule has 0 fully saturated rings. The number of ether oxygens (including phenoxy) is 1. The summed E-state index contributed by atoms with van der Waals surface area (Å²) in [4.78, 5) is 4.04. The molecule has 2 aromatic rings. The molecule has 0 spiro atoms. The molecule has 2 heterocycles. The summed E-state index contributed by atoms with van der Waals surface area (Å²) in [6.45, 7) is 3.46. The van der Waals surface area contributed by atoms with Crippen LogP contribution in [0.2, 0.25) is 0 Å². The highest BCUT2D eigenvalue weighted by Gasteiger charge is 2.37. The maximum atomic E-state index is 13.2. The van der Waals surface area contributed by atoms with Crippen LogP contribution in [0.25, 0.3) is 11.4 Å². The molecule has 2 rings (SSSR count). The molecular weight excluding hydrogens is 295 g/mol. The number of rotatable bonds is 4. The molecule has 0 amide bonds. The number of halogens is 3. The number of hydrogen-bond donors (Lipinski definition) is 0. The highest BCUT2D eigenvalue weighted by Crippen LogP contribution is 2.34. The quantitative estimate of drug-likeness (QED) is 0.812. The second kappa shape index (κ2) is 6.20. The van der Waals surface area contributed by atoms with Gasteiger partial charge < -0.3 is 4.74 Å². The van der Waals surface area contributed by atoms with Crippen molar-refractivity contribution in [3.8, 4) is 23.7 Å². The summed E-state index contributed by atoms with van der Waals surface area (Å²) in [6.07, 6.45) is 1.40. The van der Waals surface area contributed by atoms with Crippen molar-refractivity contribution in [3.05, 3.63) is 35.7 Å². The van der Waals surface area contributed by atoms with E-state index in [1.165, 1.54) is 13.1 Å². The molecule has 1 unspecified atom stereocenters. The van der Waals surface area contributed by atoms with Crippen LogP contribution >= 0.6 is 0 Å². The monoisotopic (exact) mass is 309 g/mol. The second-order valence-corrected chi connectivity index (χ2v) is 4.46. The summed E-state index contributed by atoms with van der Waals surface area (Å²) in [5, 5.41) is 3.99. The third-order valence-corrected chi connectivity index (χ3v) is 2.98. The lowest BCUT2D eigenvalue weighted by Crippen LogP contribution is -2.19. The Bertz CT molecular complexity index is 701. The lowest BCUT2D eigenvalue weighted by atomic mass is 10.1. The summed E-state index contributed by atoms with van der Waals surface area (Å²) in [7, 11) is 0. The first-order chi connectivity index (χ1) is 10.4. The van der Waals surface area contributed by atoms with Gasteiger partial charge in [0.1, 0.15) is 23.3 Å². The summed E-state index contributed by atoms with van der Waals surface area (Å²) >= 11 is 0. The van der Waals surface area contributed by atoms with Crippen LogP contribution in [0.5, 0.6) is 0 Å². The molecule has 0 N–H and O–H groups in total. The fourth-order valence-electron chi connectivity index (χ4n) is 2.04. The van der Waals surface area contributed by atoms with Crippen molar-refractivity contribution < 1.29 is 17.9 Å². The largest absolute Gasteiger partial charge is 0.433 e. The van der Waals surface area contributed by atoms with Crippen molar-refractivity contribution in [1.82, 2.24) is 14.8 Å². The second-order valence-electron chi connectivity index (χ2n) is 4.46. The lowest BCUT2D eigenvalue weighted by Gasteiger charge is -2.16. The third kappa shape index (κ3) is 3.12. The molecule has 7 heteroatoms. The number of alkyl halides is 3. The smallest absolute Gasteiger partial charge is 0.357 e. The summed E-state index contributed by atoms with van der Waals surface area (Å²) in [5.74, 6) is 2.39. The maximum absolute atomic E-state index is 13.2. The molecule has 4 nitrogen and oxygen atoms in total. The van der Waals surface area contributed by atoms with Gasteiger partial charge in [-0.2, -0.15) is 18.3 Å². The molecule has 0 saturated carbocycles. The zero-order valence-corrected chi connectivity index (χ0v) is 12.1. The van der Waals surface area contributed by atoms with Crippen LogP contribution < -0.4 is 0 Å². The molecule has 22 heavy (non-hydrogen) atoms. The van der Waals surface area contributed by atoms with Gasteiger partial charge in [0.2, 0.25) is 0 Å². The zero-order valence-electron chi connectivity index (χ0n) is 12.1. The van der Waals surface area contributed by atoms with Crippen molar-refractivity contribution >= 4 is 0 Å². The molecular formula is C15H14F3N3O. The highest BCUT2D eigenvalue weighted by molar-refractivity contribution is 5.63. The summed E-state index contributed by atoms with van der Waals surface area (Å²) in [6, 6.07) is 4.14. The SMILES string of the molecule is C#Cc1cccnc1-c1cc(C(F)(F)F)n(C(C)OCC)n1. The van der Waals surface area contributed by atoms with Crippen LogP contribution in [-0.4, -0.2) is 21.4 Å². The van der Waals surface area contributed by atoms with Crippen LogP contribution in [0.15, 0.2) is 24.4 Å². The van der Waals surface area contributed by atoms with Gasteiger partial charge in [-0.1, -0.05) is 5.92 Å². The van der Waals surface area contributed by atoms with Crippen LogP contribution in [0.4, 0.5) is 13.2 Å². The number of terminal acetylenes is 1. The van der Waals surface area contributed by atoms with Gasteiger partial charge >= 0.3 is 6.18 Å². The average Bonchev–Trinajstić information content (AvgIpc) is 2.92. The number of aromatic nitrogens is 3. The van der Waals surface area contributed by atoms with E-state index in [-0.39, 0.29) is 18.0 Å². The molecule has 1 atom stereocenters. The molecule has 0 saturated heterocycles. The van der Waals surface area contributed by atoms with Crippen molar-refractivity contribution in [3.63, 3.8) is 0 Å². The lowest BCUT2D eigenvalue weighted by molar-refractivity contribution is -0.149. The van der Waals surface area contributed by atoms with E-state index in [1.807, 2.05) is 0 Å². The van der Waals surface area contributed by atoms with E-state index < -0.39 is 18.1 Å². The predicted molar refractivity (Wildman–Crippen MR) is 74.7 cm³/mol. The maximum Gasteiger partial charge on any atom is 0.433 e. The van der Waals surface area contributed by atoms with E-state index in [1.54, 1.807) is 19.1 Å². The van der Waals surface area contributed by atoms with E-state index in [0.717, 1.165) is 10.7 Å². The molecule has 0 aliphatic heterocycles. The molecule has 2 aromatic heterocycles. The Morgan fingerprint density at radius 2 is 2.18 bits per heavy atom. The highest BCUT2D eigenvalue weighted by atomic mass is 19.4. The van der Waals surface area contributed by atoms with E-state index >= 15 is 0 Å². The van der Waals surface area contributed by atoms with Crippen molar-refractivity contribution in [2.24, 2.45) is 0 Å². The molecule has 0 bridgehead atoms. The Labute approximate surface area is 125 Å². The minimum absolute atomic E-state index is 0.0624. The van der Waals surface area contributed by atoms with Crippen LogP contribution in [0.3, 0.4) is 0 Å². The van der Waals surface area contributed by atoms with Gasteiger partial charge in [0.05, 0.1) is 5.56 Å². The molecule has 0 aliphatic rings. The van der Waals surface area contributed by atoms with Crippen LogP contribution in [0, 0.1) is 12.3 Å². The number of nitrogens with zero attached hydrogens (tertiary/aromatic N) is 3. The number of hydrogen-bond acceptors (Lipinski definition) is 3. The Hall–Kier alpha value is -2.33. The number of pyridine rings is 1. The Kier molecular flexibility index (Phi) is 4.52. The van der Waals surface area contributed by atoms with Gasteiger partial charge in [0.15, 0.2) is 0 Å². The van der Waals surface area contributed by atoms with E-state index in [4.69, 9.17) is 11.2 Å². The van der Waals surface area contributed by atoms with Gasteiger partial charge in [-0.15, -0.1) is 6.42 Å². The fourth-order valence-corrected chi connectivity index (χ4v) is 2.04. The summed E-state index contributed by atoms with van der Waals surface area (Å²) < 4.78 is 45.6. The molecule has 0 aromatic carbocycles. The van der Waals surface area contributed by atoms with Gasteiger partial charge in [0, 0.05) is 12.8 Å². The average molecular weight is 309 g/mol. The van der Waals surface area contributed by atoms with Crippen molar-refractivity contribution in [2.75, 3.05) is 6.61 Å².